The van der Waals surface area contributed by atoms with Crippen molar-refractivity contribution in [1.82, 2.24) is 25.2 Å². The van der Waals surface area contributed by atoms with E-state index in [0.717, 1.165) is 36.9 Å². The van der Waals surface area contributed by atoms with Gasteiger partial charge in [0.25, 0.3) is 5.56 Å². The van der Waals surface area contributed by atoms with Crippen LogP contribution in [0.4, 0.5) is 0 Å². The molecule has 1 aliphatic rings. The van der Waals surface area contributed by atoms with Gasteiger partial charge in [-0.05, 0) is 37.8 Å². The van der Waals surface area contributed by atoms with Crippen LogP contribution < -0.4 is 5.56 Å². The number of aromatic nitrogens is 5. The lowest BCUT2D eigenvalue weighted by atomic mass is 9.97. The molecule has 0 fully saturated rings. The van der Waals surface area contributed by atoms with Gasteiger partial charge in [-0.25, -0.2) is 0 Å². The third kappa shape index (κ3) is 1.57. The highest BCUT2D eigenvalue weighted by Gasteiger charge is 2.20. The summed E-state index contributed by atoms with van der Waals surface area (Å²) >= 11 is 0. The van der Waals surface area contributed by atoms with E-state index in [1.54, 1.807) is 12.1 Å². The molecule has 1 N–H and O–H groups in total. The molecular weight excluding hydrogens is 254 g/mol. The van der Waals surface area contributed by atoms with Crippen LogP contribution in [-0.2, 0) is 12.8 Å². The summed E-state index contributed by atoms with van der Waals surface area (Å²) in [5, 5.41) is 16.0. The molecule has 3 aromatic rings. The van der Waals surface area contributed by atoms with Gasteiger partial charge < -0.3 is 0 Å². The molecule has 0 atom stereocenters. The number of hydrogen-bond acceptors (Lipinski definition) is 4. The Morgan fingerprint density at radius 3 is 2.95 bits per heavy atom. The van der Waals surface area contributed by atoms with Crippen molar-refractivity contribution < 1.29 is 0 Å². The lowest BCUT2D eigenvalue weighted by Gasteiger charge is -2.11. The van der Waals surface area contributed by atoms with Crippen molar-refractivity contribution in [2.45, 2.75) is 25.7 Å². The van der Waals surface area contributed by atoms with Gasteiger partial charge in [-0.1, -0.05) is 17.3 Å². The molecule has 1 aromatic carbocycles. The zero-order valence-corrected chi connectivity index (χ0v) is 10.8. The molecule has 0 radical (unpaired) electrons. The summed E-state index contributed by atoms with van der Waals surface area (Å²) in [5.74, 6) is 0.600. The Balaban J connectivity index is 1.97. The Morgan fingerprint density at radius 1 is 1.15 bits per heavy atom. The van der Waals surface area contributed by atoms with Gasteiger partial charge in [-0.2, -0.15) is 9.78 Å². The predicted octanol–water partition coefficient (Wildman–Crippen LogP) is 1.38. The smallest absolute Gasteiger partial charge is 0.280 e. The molecule has 0 bridgehead atoms. The highest BCUT2D eigenvalue weighted by molar-refractivity contribution is 5.76. The van der Waals surface area contributed by atoms with Crippen LogP contribution in [-0.4, -0.2) is 25.2 Å². The minimum absolute atomic E-state index is 0.171. The first-order valence-corrected chi connectivity index (χ1v) is 6.76. The average Bonchev–Trinajstić information content (AvgIpc) is 2.92. The van der Waals surface area contributed by atoms with E-state index in [1.807, 2.05) is 12.1 Å². The molecule has 2 heterocycles. The number of aryl methyl sites for hydroxylation is 1. The maximum absolute atomic E-state index is 12.5. The van der Waals surface area contributed by atoms with Crippen LogP contribution in [0.2, 0.25) is 0 Å². The lowest BCUT2D eigenvalue weighted by Crippen LogP contribution is -2.24. The van der Waals surface area contributed by atoms with E-state index in [4.69, 9.17) is 0 Å². The highest BCUT2D eigenvalue weighted by atomic mass is 16.1. The highest BCUT2D eigenvalue weighted by Crippen LogP contribution is 2.23. The summed E-state index contributed by atoms with van der Waals surface area (Å²) in [4.78, 5) is 12.5. The van der Waals surface area contributed by atoms with Gasteiger partial charge in [0, 0.05) is 11.3 Å². The Kier molecular flexibility index (Phi) is 2.42. The Labute approximate surface area is 114 Å². The van der Waals surface area contributed by atoms with E-state index in [2.05, 4.69) is 20.5 Å². The Morgan fingerprint density at radius 2 is 2.00 bits per heavy atom. The number of hydrogen-bond donors (Lipinski definition) is 1. The molecule has 0 unspecified atom stereocenters. The zero-order chi connectivity index (χ0) is 13.5. The number of benzene rings is 1. The molecule has 0 saturated carbocycles. The fourth-order valence-corrected chi connectivity index (χ4v) is 2.77. The van der Waals surface area contributed by atoms with Crippen LogP contribution in [0.15, 0.2) is 29.1 Å². The van der Waals surface area contributed by atoms with Crippen LogP contribution in [0.1, 0.15) is 24.1 Å². The van der Waals surface area contributed by atoms with Gasteiger partial charge in [-0.15, -0.1) is 5.10 Å². The van der Waals surface area contributed by atoms with Gasteiger partial charge in [0.15, 0.2) is 5.82 Å². The topological polar surface area (TPSA) is 76.5 Å². The predicted molar refractivity (Wildman–Crippen MR) is 73.9 cm³/mol. The maximum atomic E-state index is 12.5. The van der Waals surface area contributed by atoms with Crippen molar-refractivity contribution >= 4 is 10.9 Å². The van der Waals surface area contributed by atoms with Crippen molar-refractivity contribution in [2.75, 3.05) is 0 Å². The van der Waals surface area contributed by atoms with Crippen LogP contribution >= 0.6 is 0 Å². The van der Waals surface area contributed by atoms with Crippen LogP contribution in [0, 0.1) is 0 Å². The van der Waals surface area contributed by atoms with Gasteiger partial charge in [-0.3, -0.25) is 9.89 Å². The summed E-state index contributed by atoms with van der Waals surface area (Å²) in [7, 11) is 0. The average molecular weight is 267 g/mol. The molecule has 0 spiro atoms. The molecule has 1 aliphatic carbocycles. The monoisotopic (exact) mass is 267 g/mol. The lowest BCUT2D eigenvalue weighted by molar-refractivity contribution is 0.664. The SMILES string of the molecule is O=c1c2ccccc2nnn1-c1n[nH]c2c1CCCC2. The maximum Gasteiger partial charge on any atom is 0.283 e. The fourth-order valence-electron chi connectivity index (χ4n) is 2.77. The summed E-state index contributed by atoms with van der Waals surface area (Å²) in [6.07, 6.45) is 4.20. The third-order valence-electron chi connectivity index (χ3n) is 3.80. The van der Waals surface area contributed by atoms with E-state index in [9.17, 15) is 4.79 Å². The molecule has 0 amide bonds. The number of H-pyrrole nitrogens is 1. The minimum Gasteiger partial charge on any atom is -0.280 e. The Bertz CT molecular complexity index is 848. The van der Waals surface area contributed by atoms with Crippen molar-refractivity contribution in [2.24, 2.45) is 0 Å². The number of fused-ring (bicyclic) bond motifs is 2. The summed E-state index contributed by atoms with van der Waals surface area (Å²) in [5.41, 5.74) is 2.66. The molecule has 6 nitrogen and oxygen atoms in total. The second-order valence-electron chi connectivity index (χ2n) is 5.03. The molecule has 4 rings (SSSR count). The van der Waals surface area contributed by atoms with E-state index < -0.39 is 0 Å². The van der Waals surface area contributed by atoms with Crippen LogP contribution in [0.3, 0.4) is 0 Å². The first-order valence-electron chi connectivity index (χ1n) is 6.76. The van der Waals surface area contributed by atoms with Crippen molar-refractivity contribution in [1.29, 1.82) is 0 Å². The van der Waals surface area contributed by atoms with Gasteiger partial charge in [0.05, 0.1) is 5.39 Å². The zero-order valence-electron chi connectivity index (χ0n) is 10.8. The van der Waals surface area contributed by atoms with Gasteiger partial charge in [0.2, 0.25) is 0 Å². The minimum atomic E-state index is -0.171. The van der Waals surface area contributed by atoms with Gasteiger partial charge in [0.1, 0.15) is 5.52 Å². The molecule has 20 heavy (non-hydrogen) atoms. The number of aromatic amines is 1. The quantitative estimate of drug-likeness (QED) is 0.722. The van der Waals surface area contributed by atoms with E-state index in [0.29, 0.717) is 16.7 Å². The van der Waals surface area contributed by atoms with E-state index >= 15 is 0 Å². The van der Waals surface area contributed by atoms with E-state index in [1.165, 1.54) is 4.68 Å². The number of rotatable bonds is 1. The summed E-state index contributed by atoms with van der Waals surface area (Å²) in [6, 6.07) is 7.23. The Hall–Kier alpha value is -2.50. The second kappa shape index (κ2) is 4.26. The van der Waals surface area contributed by atoms with Crippen molar-refractivity contribution in [3.8, 4) is 5.82 Å². The summed E-state index contributed by atoms with van der Waals surface area (Å²) < 4.78 is 1.31. The summed E-state index contributed by atoms with van der Waals surface area (Å²) in [6.45, 7) is 0. The van der Waals surface area contributed by atoms with Crippen LogP contribution in [0.5, 0.6) is 0 Å². The molecule has 100 valence electrons. The van der Waals surface area contributed by atoms with Gasteiger partial charge >= 0.3 is 0 Å². The standard InChI is InChI=1S/C14H13N5O/c20-14-10-6-2-4-8-12(10)16-18-19(14)13-9-5-1-3-7-11(9)15-17-13/h2,4,6,8H,1,3,5,7H2,(H,15,17). The fraction of sp³-hybridized carbons (Fsp3) is 0.286. The molecular formula is C14H13N5O. The molecule has 2 aromatic heterocycles. The largest absolute Gasteiger partial charge is 0.283 e. The van der Waals surface area contributed by atoms with Crippen molar-refractivity contribution in [3.63, 3.8) is 0 Å². The first-order chi connectivity index (χ1) is 9.84. The molecule has 0 saturated heterocycles. The number of nitrogens with one attached hydrogen (secondary N) is 1. The van der Waals surface area contributed by atoms with Crippen molar-refractivity contribution in [3.05, 3.63) is 45.9 Å². The van der Waals surface area contributed by atoms with E-state index in [-0.39, 0.29) is 5.56 Å². The first kappa shape index (κ1) is 11.3. The number of nitrogens with zero attached hydrogens (tertiary/aromatic N) is 4. The molecule has 6 heteroatoms. The second-order valence-corrected chi connectivity index (χ2v) is 5.03. The normalized spacial score (nSPS) is 14.4. The van der Waals surface area contributed by atoms with Crippen LogP contribution in [0.25, 0.3) is 16.7 Å². The third-order valence-corrected chi connectivity index (χ3v) is 3.80. The molecule has 0 aliphatic heterocycles.